The standard InChI is InChI=1S/C24H27N5O5S2/c1-16-23(18-9-10-20(34-4)21(14-18)36(32,33)28(2)3)24-25-12-11-22(29(24)27-16)26-15-17-7-6-8-19(13-17)35(5,30)31/h6-14,26H,15H2,1-5H3. The van der Waals surface area contributed by atoms with Gasteiger partial charge in [-0.05, 0) is 48.4 Å². The molecule has 10 nitrogen and oxygen atoms in total. The number of methoxy groups -OCH3 is 1. The summed E-state index contributed by atoms with van der Waals surface area (Å²) < 4.78 is 57.7. The fourth-order valence-corrected chi connectivity index (χ4v) is 5.60. The molecule has 4 aromatic rings. The summed E-state index contributed by atoms with van der Waals surface area (Å²) in [5, 5.41) is 7.92. The minimum atomic E-state index is -3.76. The Morgan fingerprint density at radius 2 is 1.81 bits per heavy atom. The predicted molar refractivity (Wildman–Crippen MR) is 137 cm³/mol. The molecule has 1 N–H and O–H groups in total. The summed E-state index contributed by atoms with van der Waals surface area (Å²) in [7, 11) is -2.71. The van der Waals surface area contributed by atoms with Crippen molar-refractivity contribution < 1.29 is 21.6 Å². The van der Waals surface area contributed by atoms with E-state index in [4.69, 9.17) is 4.74 Å². The molecular weight excluding hydrogens is 502 g/mol. The van der Waals surface area contributed by atoms with Crippen molar-refractivity contribution >= 4 is 31.3 Å². The van der Waals surface area contributed by atoms with Crippen molar-refractivity contribution in [1.82, 2.24) is 18.9 Å². The summed E-state index contributed by atoms with van der Waals surface area (Å²) in [6.07, 6.45) is 2.81. The van der Waals surface area contributed by atoms with Crippen LogP contribution in [0.4, 0.5) is 5.82 Å². The number of sulfonamides is 1. The van der Waals surface area contributed by atoms with E-state index in [9.17, 15) is 16.8 Å². The van der Waals surface area contributed by atoms with Crippen molar-refractivity contribution in [2.45, 2.75) is 23.3 Å². The van der Waals surface area contributed by atoms with Crippen molar-refractivity contribution in [1.29, 1.82) is 0 Å². The van der Waals surface area contributed by atoms with Crippen LogP contribution in [0, 0.1) is 6.92 Å². The molecule has 12 heteroatoms. The van der Waals surface area contributed by atoms with Crippen LogP contribution in [0.15, 0.2) is 64.5 Å². The fraction of sp³-hybridized carbons (Fsp3) is 0.250. The van der Waals surface area contributed by atoms with Crippen molar-refractivity contribution in [3.05, 3.63) is 66.0 Å². The van der Waals surface area contributed by atoms with Gasteiger partial charge in [0.1, 0.15) is 16.5 Å². The molecule has 0 unspecified atom stereocenters. The molecule has 190 valence electrons. The number of benzene rings is 2. The van der Waals surface area contributed by atoms with Crippen molar-refractivity contribution in [3.63, 3.8) is 0 Å². The van der Waals surface area contributed by atoms with E-state index in [1.807, 2.05) is 13.0 Å². The normalized spacial score (nSPS) is 12.3. The summed E-state index contributed by atoms with van der Waals surface area (Å²) in [6, 6.07) is 13.5. The third-order valence-electron chi connectivity index (χ3n) is 5.70. The Bertz CT molecular complexity index is 1660. The average molecular weight is 530 g/mol. The molecule has 2 aromatic heterocycles. The Kier molecular flexibility index (Phi) is 6.78. The first-order chi connectivity index (χ1) is 16.9. The van der Waals surface area contributed by atoms with Crippen LogP contribution in [0.5, 0.6) is 5.75 Å². The summed E-state index contributed by atoms with van der Waals surface area (Å²) in [6.45, 7) is 2.19. The summed E-state index contributed by atoms with van der Waals surface area (Å²) in [5.74, 6) is 0.891. The first-order valence-electron chi connectivity index (χ1n) is 10.9. The number of sulfone groups is 1. The lowest BCUT2D eigenvalue weighted by Crippen LogP contribution is -2.22. The van der Waals surface area contributed by atoms with Crippen LogP contribution in [0.3, 0.4) is 0 Å². The number of ether oxygens (including phenoxy) is 1. The molecule has 36 heavy (non-hydrogen) atoms. The number of rotatable bonds is 8. The monoisotopic (exact) mass is 529 g/mol. The number of anilines is 1. The Labute approximate surface area is 210 Å². The number of aromatic nitrogens is 3. The summed E-state index contributed by atoms with van der Waals surface area (Å²) >= 11 is 0. The Hall–Kier alpha value is -3.48. The van der Waals surface area contributed by atoms with Gasteiger partial charge in [-0.2, -0.15) is 9.61 Å². The molecule has 0 bridgehead atoms. The van der Waals surface area contributed by atoms with Crippen molar-refractivity contribution in [3.8, 4) is 16.9 Å². The highest BCUT2D eigenvalue weighted by atomic mass is 32.2. The van der Waals surface area contributed by atoms with Crippen LogP contribution < -0.4 is 10.1 Å². The zero-order valence-corrected chi connectivity index (χ0v) is 22.2. The molecule has 0 saturated carbocycles. The SMILES string of the molecule is COc1ccc(-c2c(C)nn3c(NCc4cccc(S(C)(=O)=O)c4)ccnc23)cc1S(=O)(=O)N(C)C. The van der Waals surface area contributed by atoms with Gasteiger partial charge in [-0.15, -0.1) is 0 Å². The molecule has 0 aliphatic rings. The first kappa shape index (κ1) is 25.6. The van der Waals surface area contributed by atoms with Gasteiger partial charge in [-0.3, -0.25) is 0 Å². The van der Waals surface area contributed by atoms with E-state index < -0.39 is 19.9 Å². The van der Waals surface area contributed by atoms with Gasteiger partial charge in [-0.1, -0.05) is 18.2 Å². The molecule has 0 aliphatic carbocycles. The maximum Gasteiger partial charge on any atom is 0.246 e. The van der Waals surface area contributed by atoms with Gasteiger partial charge >= 0.3 is 0 Å². The number of aryl methyl sites for hydroxylation is 1. The smallest absolute Gasteiger partial charge is 0.246 e. The second-order valence-corrected chi connectivity index (χ2v) is 12.6. The van der Waals surface area contributed by atoms with Gasteiger partial charge in [0.2, 0.25) is 10.0 Å². The molecule has 0 saturated heterocycles. The van der Waals surface area contributed by atoms with Gasteiger partial charge in [0, 0.05) is 38.7 Å². The van der Waals surface area contributed by atoms with E-state index in [1.54, 1.807) is 53.2 Å². The highest BCUT2D eigenvalue weighted by Gasteiger charge is 2.24. The summed E-state index contributed by atoms with van der Waals surface area (Å²) in [5.41, 5.74) is 3.32. The molecule has 0 aliphatic heterocycles. The molecule has 0 atom stereocenters. The maximum atomic E-state index is 12.9. The zero-order valence-electron chi connectivity index (χ0n) is 20.5. The fourth-order valence-electron chi connectivity index (χ4n) is 3.83. The molecule has 0 amide bonds. The minimum Gasteiger partial charge on any atom is -0.495 e. The second-order valence-electron chi connectivity index (χ2n) is 8.45. The molecular formula is C24H27N5O5S2. The molecule has 4 rings (SSSR count). The number of nitrogens with one attached hydrogen (secondary N) is 1. The zero-order chi connectivity index (χ0) is 26.3. The molecule has 0 spiro atoms. The van der Waals surface area contributed by atoms with E-state index in [-0.39, 0.29) is 15.5 Å². The number of hydrogen-bond acceptors (Lipinski definition) is 8. The van der Waals surface area contributed by atoms with Gasteiger partial charge in [0.05, 0.1) is 17.7 Å². The molecule has 0 radical (unpaired) electrons. The maximum absolute atomic E-state index is 12.9. The van der Waals surface area contributed by atoms with Gasteiger partial charge < -0.3 is 10.1 Å². The lowest BCUT2D eigenvalue weighted by Gasteiger charge is -2.15. The highest BCUT2D eigenvalue weighted by molar-refractivity contribution is 7.90. The number of hydrogen-bond donors (Lipinski definition) is 1. The quantitative estimate of drug-likeness (QED) is 0.370. The molecule has 2 aromatic carbocycles. The Morgan fingerprint density at radius 3 is 2.47 bits per heavy atom. The van der Waals surface area contributed by atoms with E-state index in [0.717, 1.165) is 9.87 Å². The van der Waals surface area contributed by atoms with E-state index in [1.165, 1.54) is 27.5 Å². The largest absolute Gasteiger partial charge is 0.495 e. The van der Waals surface area contributed by atoms with Crippen molar-refractivity contribution in [2.24, 2.45) is 0 Å². The Balaban J connectivity index is 1.75. The minimum absolute atomic E-state index is 0.0475. The topological polar surface area (TPSA) is 123 Å². The lowest BCUT2D eigenvalue weighted by molar-refractivity contribution is 0.400. The van der Waals surface area contributed by atoms with Crippen LogP contribution in [-0.2, 0) is 26.4 Å². The van der Waals surface area contributed by atoms with Crippen LogP contribution >= 0.6 is 0 Å². The third-order valence-corrected chi connectivity index (χ3v) is 8.65. The number of fused-ring (bicyclic) bond motifs is 1. The second kappa shape index (κ2) is 9.52. The molecule has 2 heterocycles. The van der Waals surface area contributed by atoms with Crippen LogP contribution in [-0.4, -0.2) is 63.2 Å². The van der Waals surface area contributed by atoms with Gasteiger partial charge in [0.25, 0.3) is 0 Å². The third kappa shape index (κ3) is 4.79. The average Bonchev–Trinajstić information content (AvgIpc) is 3.18. The van der Waals surface area contributed by atoms with E-state index in [0.29, 0.717) is 34.8 Å². The van der Waals surface area contributed by atoms with Crippen LogP contribution in [0.25, 0.3) is 16.8 Å². The van der Waals surface area contributed by atoms with Crippen LogP contribution in [0.1, 0.15) is 11.3 Å². The Morgan fingerprint density at radius 1 is 1.06 bits per heavy atom. The lowest BCUT2D eigenvalue weighted by atomic mass is 10.1. The highest BCUT2D eigenvalue weighted by Crippen LogP contribution is 2.34. The molecule has 0 fully saturated rings. The van der Waals surface area contributed by atoms with Crippen LogP contribution in [0.2, 0.25) is 0 Å². The van der Waals surface area contributed by atoms with E-state index >= 15 is 0 Å². The first-order valence-corrected chi connectivity index (χ1v) is 14.2. The number of nitrogens with zero attached hydrogens (tertiary/aromatic N) is 4. The summed E-state index contributed by atoms with van der Waals surface area (Å²) in [4.78, 5) is 4.80. The van der Waals surface area contributed by atoms with Gasteiger partial charge in [0.15, 0.2) is 15.5 Å². The van der Waals surface area contributed by atoms with Gasteiger partial charge in [-0.25, -0.2) is 26.1 Å². The predicted octanol–water partition coefficient (Wildman–Crippen LogP) is 2.98. The van der Waals surface area contributed by atoms with Crippen molar-refractivity contribution in [2.75, 3.05) is 32.8 Å². The van der Waals surface area contributed by atoms with E-state index in [2.05, 4.69) is 15.4 Å².